The Kier molecular flexibility index (Phi) is 2.76. The van der Waals surface area contributed by atoms with Gasteiger partial charge in [0.1, 0.15) is 6.33 Å². The lowest BCUT2D eigenvalue weighted by Crippen LogP contribution is -2.34. The van der Waals surface area contributed by atoms with E-state index in [1.165, 1.54) is 12.5 Å². The van der Waals surface area contributed by atoms with Crippen LogP contribution in [0.15, 0.2) is 17.0 Å². The second-order valence-electron chi connectivity index (χ2n) is 4.51. The highest BCUT2D eigenvalue weighted by atomic mass is 35.5. The fourth-order valence-corrected chi connectivity index (χ4v) is 2.41. The molecule has 94 valence electrons. The summed E-state index contributed by atoms with van der Waals surface area (Å²) in [5.41, 5.74) is 6.23. The summed E-state index contributed by atoms with van der Waals surface area (Å²) in [5, 5.41) is 4.34. The minimum Gasteiger partial charge on any atom is -0.332 e. The molecule has 1 saturated carbocycles. The van der Waals surface area contributed by atoms with E-state index in [9.17, 15) is 0 Å². The van der Waals surface area contributed by atoms with Crippen LogP contribution in [0.3, 0.4) is 0 Å². The fraction of sp³-hybridized carbons (Fsp3) is 0.455. The van der Waals surface area contributed by atoms with Crippen molar-refractivity contribution in [3.63, 3.8) is 0 Å². The third-order valence-corrected chi connectivity index (χ3v) is 3.51. The molecule has 0 bridgehead atoms. The predicted octanol–water partition coefficient (Wildman–Crippen LogP) is 1.91. The van der Waals surface area contributed by atoms with Gasteiger partial charge < -0.3 is 10.3 Å². The van der Waals surface area contributed by atoms with Crippen LogP contribution in [0.5, 0.6) is 0 Å². The molecule has 0 aliphatic heterocycles. The molecule has 0 spiro atoms. The summed E-state index contributed by atoms with van der Waals surface area (Å²) in [7, 11) is 0. The van der Waals surface area contributed by atoms with Gasteiger partial charge in [0.2, 0.25) is 0 Å². The molecule has 0 atom stereocenters. The molecule has 2 heterocycles. The van der Waals surface area contributed by atoms with E-state index in [2.05, 4.69) is 20.1 Å². The van der Waals surface area contributed by atoms with Gasteiger partial charge in [-0.3, -0.25) is 0 Å². The number of rotatable bonds is 2. The molecule has 0 aromatic carbocycles. The van der Waals surface area contributed by atoms with E-state index < -0.39 is 5.54 Å². The lowest BCUT2D eigenvalue weighted by Gasteiger charge is -2.17. The maximum absolute atomic E-state index is 6.26. The molecule has 2 N–H and O–H groups in total. The standard InChI is InChI=1S/C11H12ClN5O/c12-7-5-14-6-15-8(7)9-16-10(17-18-9)11(13)3-1-2-4-11/h5-6H,1-4,13H2. The Bertz CT molecular complexity index is 564. The van der Waals surface area contributed by atoms with Gasteiger partial charge in [-0.1, -0.05) is 29.6 Å². The third-order valence-electron chi connectivity index (χ3n) is 3.24. The third kappa shape index (κ3) is 1.87. The molecule has 0 amide bonds. The largest absolute Gasteiger partial charge is 0.332 e. The summed E-state index contributed by atoms with van der Waals surface area (Å²) in [6, 6.07) is 0. The predicted molar refractivity (Wildman–Crippen MR) is 64.7 cm³/mol. The highest BCUT2D eigenvalue weighted by molar-refractivity contribution is 6.32. The summed E-state index contributed by atoms with van der Waals surface area (Å²) in [4.78, 5) is 12.2. The van der Waals surface area contributed by atoms with Crippen molar-refractivity contribution in [3.8, 4) is 11.6 Å². The van der Waals surface area contributed by atoms with Gasteiger partial charge in [-0.25, -0.2) is 9.97 Å². The highest BCUT2D eigenvalue weighted by Gasteiger charge is 2.36. The van der Waals surface area contributed by atoms with Crippen LogP contribution in [-0.4, -0.2) is 20.1 Å². The van der Waals surface area contributed by atoms with Crippen LogP contribution < -0.4 is 5.73 Å². The van der Waals surface area contributed by atoms with E-state index in [1.54, 1.807) is 0 Å². The first-order chi connectivity index (χ1) is 8.69. The number of nitrogens with zero attached hydrogens (tertiary/aromatic N) is 4. The molecule has 0 radical (unpaired) electrons. The fourth-order valence-electron chi connectivity index (χ4n) is 2.22. The quantitative estimate of drug-likeness (QED) is 0.892. The van der Waals surface area contributed by atoms with Gasteiger partial charge in [-0.05, 0) is 12.8 Å². The van der Waals surface area contributed by atoms with Gasteiger partial charge in [0, 0.05) is 6.20 Å². The zero-order valence-electron chi connectivity index (χ0n) is 9.64. The van der Waals surface area contributed by atoms with Gasteiger partial charge in [0.05, 0.1) is 10.6 Å². The smallest absolute Gasteiger partial charge is 0.278 e. The SMILES string of the molecule is NC1(c2noc(-c3ncncc3Cl)n2)CCCC1. The summed E-state index contributed by atoms with van der Waals surface area (Å²) < 4.78 is 5.19. The zero-order chi connectivity index (χ0) is 12.6. The number of halogens is 1. The van der Waals surface area contributed by atoms with E-state index in [0.717, 1.165) is 25.7 Å². The van der Waals surface area contributed by atoms with Crippen molar-refractivity contribution in [2.75, 3.05) is 0 Å². The first-order valence-corrected chi connectivity index (χ1v) is 6.16. The van der Waals surface area contributed by atoms with Gasteiger partial charge in [-0.15, -0.1) is 0 Å². The Labute approximate surface area is 109 Å². The number of nitrogens with two attached hydrogens (primary N) is 1. The molecule has 1 fully saturated rings. The lowest BCUT2D eigenvalue weighted by atomic mass is 9.99. The zero-order valence-corrected chi connectivity index (χ0v) is 10.4. The van der Waals surface area contributed by atoms with E-state index in [1.807, 2.05) is 0 Å². The molecule has 3 rings (SSSR count). The van der Waals surface area contributed by atoms with Gasteiger partial charge in [-0.2, -0.15) is 4.98 Å². The van der Waals surface area contributed by atoms with Crippen molar-refractivity contribution in [3.05, 3.63) is 23.4 Å². The van der Waals surface area contributed by atoms with Crippen molar-refractivity contribution >= 4 is 11.6 Å². The maximum atomic E-state index is 6.26. The molecule has 1 aliphatic carbocycles. The van der Waals surface area contributed by atoms with Crippen LogP contribution in [0.25, 0.3) is 11.6 Å². The monoisotopic (exact) mass is 265 g/mol. The minimum absolute atomic E-state index is 0.286. The van der Waals surface area contributed by atoms with E-state index in [-0.39, 0.29) is 5.89 Å². The van der Waals surface area contributed by atoms with Crippen molar-refractivity contribution in [1.29, 1.82) is 0 Å². The summed E-state index contributed by atoms with van der Waals surface area (Å²) in [6.07, 6.45) is 6.82. The second-order valence-corrected chi connectivity index (χ2v) is 4.91. The molecule has 18 heavy (non-hydrogen) atoms. The van der Waals surface area contributed by atoms with Crippen molar-refractivity contribution in [2.45, 2.75) is 31.2 Å². The number of hydrogen-bond donors (Lipinski definition) is 1. The second kappa shape index (κ2) is 4.29. The lowest BCUT2D eigenvalue weighted by molar-refractivity contribution is 0.372. The molecule has 2 aromatic heterocycles. The van der Waals surface area contributed by atoms with Crippen LogP contribution in [0.2, 0.25) is 5.02 Å². The molecule has 6 nitrogen and oxygen atoms in total. The van der Waals surface area contributed by atoms with Crippen molar-refractivity contribution in [2.24, 2.45) is 5.73 Å². The summed E-state index contributed by atoms with van der Waals surface area (Å²) in [5.74, 6) is 0.818. The molecular formula is C11H12ClN5O. The number of aromatic nitrogens is 4. The topological polar surface area (TPSA) is 90.7 Å². The minimum atomic E-state index is -0.471. The van der Waals surface area contributed by atoms with Crippen LogP contribution in [0, 0.1) is 0 Å². The average Bonchev–Trinajstić information content (AvgIpc) is 2.99. The van der Waals surface area contributed by atoms with Crippen LogP contribution in [-0.2, 0) is 5.54 Å². The Hall–Kier alpha value is -1.53. The van der Waals surface area contributed by atoms with E-state index in [4.69, 9.17) is 21.9 Å². The molecule has 2 aromatic rings. The average molecular weight is 266 g/mol. The highest BCUT2D eigenvalue weighted by Crippen LogP contribution is 2.35. The number of hydrogen-bond acceptors (Lipinski definition) is 6. The van der Waals surface area contributed by atoms with Gasteiger partial charge >= 0.3 is 0 Å². The summed E-state index contributed by atoms with van der Waals surface area (Å²) >= 11 is 5.98. The van der Waals surface area contributed by atoms with Crippen LogP contribution >= 0.6 is 11.6 Å². The molecule has 0 unspecified atom stereocenters. The molecule has 1 aliphatic rings. The normalized spacial score (nSPS) is 18.1. The Balaban J connectivity index is 1.97. The first-order valence-electron chi connectivity index (χ1n) is 5.78. The molecule has 7 heteroatoms. The Morgan fingerprint density at radius 1 is 1.33 bits per heavy atom. The van der Waals surface area contributed by atoms with Crippen molar-refractivity contribution in [1.82, 2.24) is 20.1 Å². The maximum Gasteiger partial charge on any atom is 0.278 e. The van der Waals surface area contributed by atoms with Gasteiger partial charge in [0.15, 0.2) is 11.5 Å². The first kappa shape index (κ1) is 11.6. The molecular weight excluding hydrogens is 254 g/mol. The summed E-state index contributed by atoms with van der Waals surface area (Å²) in [6.45, 7) is 0. The van der Waals surface area contributed by atoms with Crippen molar-refractivity contribution < 1.29 is 4.52 Å². The Morgan fingerprint density at radius 2 is 2.11 bits per heavy atom. The van der Waals surface area contributed by atoms with Crippen LogP contribution in [0.1, 0.15) is 31.5 Å². The Morgan fingerprint density at radius 3 is 2.83 bits per heavy atom. The van der Waals surface area contributed by atoms with Gasteiger partial charge in [0.25, 0.3) is 5.89 Å². The molecule has 0 saturated heterocycles. The van der Waals surface area contributed by atoms with Crippen LogP contribution in [0.4, 0.5) is 0 Å². The van der Waals surface area contributed by atoms with E-state index in [0.29, 0.717) is 16.5 Å². The van der Waals surface area contributed by atoms with E-state index >= 15 is 0 Å².